The number of oxime groups is 1. The first-order valence-electron chi connectivity index (χ1n) is 20.9. The molecule has 0 unspecified atom stereocenters. The highest BCUT2D eigenvalue weighted by atomic mass is 32.2. The third-order valence-electron chi connectivity index (χ3n) is 10.5. The summed E-state index contributed by atoms with van der Waals surface area (Å²) in [4.78, 5) is 71.4. The second-order valence-corrected chi connectivity index (χ2v) is 16.8. The summed E-state index contributed by atoms with van der Waals surface area (Å²) in [6.45, 7) is 3.49. The number of thiazole rings is 1. The van der Waals surface area contributed by atoms with Crippen LogP contribution in [0.25, 0.3) is 6.08 Å². The van der Waals surface area contributed by atoms with Gasteiger partial charge in [-0.2, -0.15) is 0 Å². The summed E-state index contributed by atoms with van der Waals surface area (Å²) in [6, 6.07) is 31.2. The van der Waals surface area contributed by atoms with Crippen LogP contribution in [0, 0.1) is 0 Å². The molecule has 14 nitrogen and oxygen atoms in total. The minimum atomic E-state index is -1.32. The minimum Gasteiger partial charge on any atom is -0.457 e. The number of amides is 2. The molecule has 4 heterocycles. The number of rotatable bonds is 19. The van der Waals surface area contributed by atoms with Crippen molar-refractivity contribution in [3.05, 3.63) is 166 Å². The van der Waals surface area contributed by atoms with Gasteiger partial charge < -0.3 is 30.1 Å². The highest BCUT2D eigenvalue weighted by molar-refractivity contribution is 8.00. The summed E-state index contributed by atoms with van der Waals surface area (Å²) in [6.07, 6.45) is 8.86. The first-order valence-corrected chi connectivity index (χ1v) is 22.9. The largest absolute Gasteiger partial charge is 0.508 e. The molecule has 64 heavy (non-hydrogen) atoms. The number of anilines is 1. The summed E-state index contributed by atoms with van der Waals surface area (Å²) >= 11 is 2.49. The van der Waals surface area contributed by atoms with Crippen LogP contribution < -0.4 is 11.1 Å². The molecule has 2 atom stereocenters. The maximum atomic E-state index is 14.5. The van der Waals surface area contributed by atoms with E-state index in [1.807, 2.05) is 111 Å². The fraction of sp³-hybridized carbons (Fsp3) is 0.271. The Morgan fingerprint density at radius 3 is 2.08 bits per heavy atom. The zero-order valence-electron chi connectivity index (χ0n) is 35.3. The molecule has 5 aromatic rings. The number of ether oxygens (including phenoxy) is 3. The van der Waals surface area contributed by atoms with E-state index in [1.54, 1.807) is 36.0 Å². The van der Waals surface area contributed by atoms with Crippen LogP contribution in [0.4, 0.5) is 9.93 Å². The van der Waals surface area contributed by atoms with Crippen LogP contribution in [0.5, 0.6) is 0 Å². The van der Waals surface area contributed by atoms with Gasteiger partial charge in [0.25, 0.3) is 11.8 Å². The molecule has 330 valence electrons. The lowest BCUT2D eigenvalue weighted by molar-refractivity contribution is -0.153. The number of thioether (sulfide) groups is 1. The van der Waals surface area contributed by atoms with E-state index in [9.17, 15) is 19.2 Å². The number of nitrogens with two attached hydrogens (primary N) is 1. The van der Waals surface area contributed by atoms with Crippen LogP contribution in [0.2, 0.25) is 0 Å². The van der Waals surface area contributed by atoms with E-state index in [0.717, 1.165) is 46.4 Å². The van der Waals surface area contributed by atoms with Gasteiger partial charge in [0.1, 0.15) is 42.1 Å². The van der Waals surface area contributed by atoms with E-state index in [1.165, 1.54) is 16.7 Å². The molecule has 2 aromatic heterocycles. The van der Waals surface area contributed by atoms with Gasteiger partial charge >= 0.3 is 12.1 Å². The molecular weight excluding hydrogens is 853 g/mol. The van der Waals surface area contributed by atoms with Crippen molar-refractivity contribution in [2.45, 2.75) is 62.7 Å². The Kier molecular flexibility index (Phi) is 15.2. The van der Waals surface area contributed by atoms with Gasteiger partial charge in [-0.1, -0.05) is 141 Å². The third-order valence-corrected chi connectivity index (χ3v) is 12.4. The minimum absolute atomic E-state index is 0.00999. The molecule has 16 heteroatoms. The third kappa shape index (κ3) is 10.4. The lowest BCUT2D eigenvalue weighted by Gasteiger charge is -2.49. The van der Waals surface area contributed by atoms with Gasteiger partial charge in [-0.15, -0.1) is 23.1 Å². The van der Waals surface area contributed by atoms with Gasteiger partial charge in [0, 0.05) is 40.2 Å². The van der Waals surface area contributed by atoms with Gasteiger partial charge in [0.15, 0.2) is 10.8 Å². The lowest BCUT2D eigenvalue weighted by atomic mass is 9.80. The Bertz CT molecular complexity index is 2380. The molecule has 0 radical (unpaired) electrons. The van der Waals surface area contributed by atoms with E-state index in [0.29, 0.717) is 24.2 Å². The summed E-state index contributed by atoms with van der Waals surface area (Å²) in [5.74, 6) is -1.80. The van der Waals surface area contributed by atoms with Crippen LogP contribution in [0.3, 0.4) is 0 Å². The highest BCUT2D eigenvalue weighted by Crippen LogP contribution is 2.43. The van der Waals surface area contributed by atoms with Gasteiger partial charge in [-0.05, 0) is 30.0 Å². The number of hydrogen-bond donors (Lipinski definition) is 2. The molecule has 0 aliphatic carbocycles. The second-order valence-electron chi connectivity index (χ2n) is 14.8. The zero-order valence-corrected chi connectivity index (χ0v) is 37.0. The number of β-lactam (4-membered cyclic amide) rings is 1. The van der Waals surface area contributed by atoms with Gasteiger partial charge in [-0.3, -0.25) is 19.5 Å². The number of nitrogens with zero attached hydrogens (tertiary/aromatic N) is 4. The lowest BCUT2D eigenvalue weighted by Crippen LogP contribution is -2.71. The van der Waals surface area contributed by atoms with Crippen LogP contribution in [0.1, 0.15) is 67.5 Å². The molecule has 0 bridgehead atoms. The number of benzene rings is 3. The Morgan fingerprint density at radius 2 is 1.52 bits per heavy atom. The average molecular weight is 901 g/mol. The standard InChI is InChI=1S/C48H48N6O8S2/c1-3-15-37(16-4-2)61-47(58)60-28-27-59-45(57)41-33(25-24-32-17-14-26-50-29-32)30-63-44-40(43(56)54(41)44)52-42(55)39(38-31-64-46(49)51-38)53-62-48(34-18-8-5-9-19-34,35-20-10-6-11-21-35)36-22-12-7-13-23-36/h5-14,17-26,29,31,37,40,44H,3-4,15-16,27-28,30H2,1-2H3,(H2,49,51)(H,52,55)/b25-24-,53-39?/t40-,44+/m1/s1. The summed E-state index contributed by atoms with van der Waals surface area (Å²) < 4.78 is 16.2. The number of allylic oxidation sites excluding steroid dienone is 1. The Labute approximate surface area is 379 Å². The molecule has 7 rings (SSSR count). The van der Waals surface area contributed by atoms with Crippen molar-refractivity contribution in [3.63, 3.8) is 0 Å². The quantitative estimate of drug-likeness (QED) is 0.0205. The van der Waals surface area contributed by atoms with Crippen LogP contribution in [0.15, 0.2) is 143 Å². The van der Waals surface area contributed by atoms with Crippen molar-refractivity contribution in [1.29, 1.82) is 0 Å². The number of nitrogens with one attached hydrogen (secondary N) is 1. The normalized spacial score (nSPS) is 16.3. The van der Waals surface area contributed by atoms with E-state index >= 15 is 0 Å². The zero-order chi connectivity index (χ0) is 44.9. The second kappa shape index (κ2) is 21.5. The van der Waals surface area contributed by atoms with Crippen molar-refractivity contribution >= 4 is 64.0 Å². The Balaban J connectivity index is 1.14. The molecular formula is C48H48N6O8S2. The van der Waals surface area contributed by atoms with Crippen molar-refractivity contribution < 1.29 is 38.2 Å². The highest BCUT2D eigenvalue weighted by Gasteiger charge is 2.54. The first-order chi connectivity index (χ1) is 31.2. The van der Waals surface area contributed by atoms with Gasteiger partial charge in [0.2, 0.25) is 5.60 Å². The smallest absolute Gasteiger partial charge is 0.457 e. The predicted molar refractivity (Wildman–Crippen MR) is 246 cm³/mol. The van der Waals surface area contributed by atoms with Crippen molar-refractivity contribution in [3.8, 4) is 0 Å². The van der Waals surface area contributed by atoms with Gasteiger partial charge in [0.05, 0.1) is 0 Å². The number of fused-ring (bicyclic) bond motifs is 1. The number of carbonyl (C=O) groups excluding carboxylic acids is 4. The van der Waals surface area contributed by atoms with E-state index < -0.39 is 41.0 Å². The Hall–Kier alpha value is -6.78. The number of aromatic nitrogens is 2. The molecule has 0 saturated carbocycles. The van der Waals surface area contributed by atoms with Crippen LogP contribution in [-0.2, 0) is 39.0 Å². The van der Waals surface area contributed by atoms with Gasteiger partial charge in [-0.25, -0.2) is 14.6 Å². The van der Waals surface area contributed by atoms with E-state index in [4.69, 9.17) is 24.8 Å². The summed E-state index contributed by atoms with van der Waals surface area (Å²) in [5, 5.41) is 8.52. The SMILES string of the molecule is CCCC(CCC)OC(=O)OCCOC(=O)C1=C(/C=C\c2cccnc2)CS[C@H]2[C@H](NC(=O)C(=NOC(c3ccccc3)(c3ccccc3)c3ccccc3)c3csc(N)n3)C(=O)N12. The number of carbonyl (C=O) groups is 4. The molecule has 1 fully saturated rings. The topological polar surface area (TPSA) is 185 Å². The summed E-state index contributed by atoms with van der Waals surface area (Å²) in [5.41, 5.74) is 8.22. The van der Waals surface area contributed by atoms with Crippen molar-refractivity contribution in [2.24, 2.45) is 5.16 Å². The molecule has 0 spiro atoms. The number of pyridine rings is 1. The fourth-order valence-corrected chi connectivity index (χ4v) is 9.30. The van der Waals surface area contributed by atoms with Crippen LogP contribution >= 0.6 is 23.1 Å². The predicted octanol–water partition coefficient (Wildman–Crippen LogP) is 7.87. The molecule has 2 amide bonds. The number of hydrogen-bond acceptors (Lipinski definition) is 14. The molecule has 1 saturated heterocycles. The fourth-order valence-electron chi connectivity index (χ4n) is 7.44. The molecule has 2 aliphatic heterocycles. The number of nitrogen functional groups attached to an aromatic ring is 1. The molecule has 3 N–H and O–H groups in total. The monoisotopic (exact) mass is 900 g/mol. The average Bonchev–Trinajstić information content (AvgIpc) is 3.76. The summed E-state index contributed by atoms with van der Waals surface area (Å²) in [7, 11) is 0. The Morgan fingerprint density at radius 1 is 0.891 bits per heavy atom. The first kappa shape index (κ1) is 45.3. The maximum Gasteiger partial charge on any atom is 0.508 e. The molecule has 3 aromatic carbocycles. The van der Waals surface area contributed by atoms with E-state index in [2.05, 4.69) is 20.4 Å². The molecule has 2 aliphatic rings. The van der Waals surface area contributed by atoms with Crippen molar-refractivity contribution in [2.75, 3.05) is 24.7 Å². The van der Waals surface area contributed by atoms with Crippen LogP contribution in [-0.4, -0.2) is 81.0 Å². The van der Waals surface area contributed by atoms with E-state index in [-0.39, 0.29) is 41.6 Å². The maximum absolute atomic E-state index is 14.5. The number of esters is 1. The van der Waals surface area contributed by atoms with Crippen molar-refractivity contribution in [1.82, 2.24) is 20.2 Å².